The number of para-hydroxylation sites is 1. The minimum Gasteiger partial charge on any atom is -0.291 e. The number of anilines is 1. The Hall–Kier alpha value is -1.11. The van der Waals surface area contributed by atoms with Crippen molar-refractivity contribution in [1.82, 2.24) is 4.31 Å². The lowest BCUT2D eigenvalue weighted by molar-refractivity contribution is 0.386. The second kappa shape index (κ2) is 3.95. The predicted molar refractivity (Wildman–Crippen MR) is 52.7 cm³/mol. The maximum Gasteiger partial charge on any atom is 0.244 e. The number of hydrogen-bond donors (Lipinski definition) is 2. The van der Waals surface area contributed by atoms with E-state index in [1.54, 1.807) is 12.1 Å². The van der Waals surface area contributed by atoms with Crippen LogP contribution in [0.4, 0.5) is 5.69 Å². The molecule has 0 unspecified atom stereocenters. The number of benzene rings is 1. The molecular formula is C8H12N2O3S. The van der Waals surface area contributed by atoms with Gasteiger partial charge in [-0.15, -0.1) is 0 Å². The summed E-state index contributed by atoms with van der Waals surface area (Å²) in [7, 11) is -0.641. The molecular weight excluding hydrogens is 204 g/mol. The van der Waals surface area contributed by atoms with E-state index in [4.69, 9.17) is 5.21 Å². The van der Waals surface area contributed by atoms with Gasteiger partial charge in [0, 0.05) is 14.1 Å². The van der Waals surface area contributed by atoms with Gasteiger partial charge in [-0.2, -0.15) is 0 Å². The third kappa shape index (κ3) is 1.87. The Balaban J connectivity index is 3.32. The van der Waals surface area contributed by atoms with Gasteiger partial charge in [-0.1, -0.05) is 12.1 Å². The van der Waals surface area contributed by atoms with E-state index in [2.05, 4.69) is 0 Å². The van der Waals surface area contributed by atoms with Crippen LogP contribution in [0.25, 0.3) is 0 Å². The van der Waals surface area contributed by atoms with E-state index in [1.165, 1.54) is 26.2 Å². The first-order chi connectivity index (χ1) is 6.50. The highest BCUT2D eigenvalue weighted by Gasteiger charge is 2.20. The monoisotopic (exact) mass is 216 g/mol. The quantitative estimate of drug-likeness (QED) is 0.731. The summed E-state index contributed by atoms with van der Waals surface area (Å²) >= 11 is 0. The van der Waals surface area contributed by atoms with Crippen LogP contribution in [0.15, 0.2) is 29.2 Å². The molecule has 0 atom stereocenters. The molecule has 0 heterocycles. The molecule has 0 aliphatic rings. The van der Waals surface area contributed by atoms with Gasteiger partial charge in [0.1, 0.15) is 4.90 Å². The van der Waals surface area contributed by atoms with Gasteiger partial charge in [0.25, 0.3) is 0 Å². The Bertz CT molecular complexity index is 414. The SMILES string of the molecule is CN(C)S(=O)(=O)c1ccccc1NO. The Kier molecular flexibility index (Phi) is 3.10. The highest BCUT2D eigenvalue weighted by Crippen LogP contribution is 2.21. The molecule has 0 amide bonds. The summed E-state index contributed by atoms with van der Waals surface area (Å²) < 4.78 is 24.5. The first-order valence-corrected chi connectivity index (χ1v) is 5.36. The first-order valence-electron chi connectivity index (χ1n) is 3.92. The van der Waals surface area contributed by atoms with Gasteiger partial charge in [-0.25, -0.2) is 12.7 Å². The number of hydrogen-bond acceptors (Lipinski definition) is 4. The highest BCUT2D eigenvalue weighted by molar-refractivity contribution is 7.89. The summed E-state index contributed by atoms with van der Waals surface area (Å²) in [5.74, 6) is 0. The van der Waals surface area contributed by atoms with Crippen molar-refractivity contribution in [1.29, 1.82) is 0 Å². The summed E-state index contributed by atoms with van der Waals surface area (Å²) in [5.41, 5.74) is 2.02. The average Bonchev–Trinajstić information content (AvgIpc) is 2.17. The van der Waals surface area contributed by atoms with E-state index >= 15 is 0 Å². The summed E-state index contributed by atoms with van der Waals surface area (Å²) in [4.78, 5) is 0.0486. The topological polar surface area (TPSA) is 69.6 Å². The molecule has 0 aliphatic heterocycles. The lowest BCUT2D eigenvalue weighted by Crippen LogP contribution is -2.23. The highest BCUT2D eigenvalue weighted by atomic mass is 32.2. The zero-order valence-corrected chi connectivity index (χ0v) is 8.75. The fourth-order valence-electron chi connectivity index (χ4n) is 0.981. The van der Waals surface area contributed by atoms with Crippen molar-refractivity contribution < 1.29 is 13.6 Å². The van der Waals surface area contributed by atoms with Crippen molar-refractivity contribution in [3.8, 4) is 0 Å². The van der Waals surface area contributed by atoms with Crippen LogP contribution in [0, 0.1) is 0 Å². The molecule has 5 nitrogen and oxygen atoms in total. The molecule has 0 bridgehead atoms. The number of nitrogens with one attached hydrogen (secondary N) is 1. The van der Waals surface area contributed by atoms with Crippen molar-refractivity contribution in [2.75, 3.05) is 19.6 Å². The molecule has 1 aromatic carbocycles. The lowest BCUT2D eigenvalue weighted by Gasteiger charge is -2.13. The third-order valence-electron chi connectivity index (χ3n) is 1.77. The second-order valence-corrected chi connectivity index (χ2v) is 5.02. The van der Waals surface area contributed by atoms with Crippen LogP contribution in [0.2, 0.25) is 0 Å². The van der Waals surface area contributed by atoms with Gasteiger partial charge >= 0.3 is 0 Å². The molecule has 0 aromatic heterocycles. The maximum absolute atomic E-state index is 11.7. The van der Waals surface area contributed by atoms with E-state index in [9.17, 15) is 8.42 Å². The Morgan fingerprint density at radius 2 is 1.86 bits per heavy atom. The standard InChI is InChI=1S/C8H12N2O3S/c1-10(2)14(12,13)8-6-4-3-5-7(8)9-11/h3-6,9,11H,1-2H3. The predicted octanol–water partition coefficient (Wildman–Crippen LogP) is 0.738. The molecule has 0 saturated heterocycles. The van der Waals surface area contributed by atoms with E-state index in [-0.39, 0.29) is 10.6 Å². The van der Waals surface area contributed by atoms with Crippen LogP contribution in [0.3, 0.4) is 0 Å². The maximum atomic E-state index is 11.7. The normalized spacial score (nSPS) is 11.7. The van der Waals surface area contributed by atoms with E-state index in [1.807, 2.05) is 5.48 Å². The zero-order valence-electron chi connectivity index (χ0n) is 7.93. The molecule has 0 radical (unpaired) electrons. The molecule has 0 saturated carbocycles. The van der Waals surface area contributed by atoms with Gasteiger partial charge in [-0.05, 0) is 12.1 Å². The van der Waals surface area contributed by atoms with Crippen LogP contribution in [-0.4, -0.2) is 32.0 Å². The molecule has 1 aromatic rings. The molecule has 78 valence electrons. The van der Waals surface area contributed by atoms with Gasteiger partial charge < -0.3 is 0 Å². The van der Waals surface area contributed by atoms with Gasteiger partial charge in [0.2, 0.25) is 10.0 Å². The smallest absolute Gasteiger partial charge is 0.244 e. The Morgan fingerprint density at radius 1 is 1.29 bits per heavy atom. The number of nitrogens with zero attached hydrogens (tertiary/aromatic N) is 1. The fraction of sp³-hybridized carbons (Fsp3) is 0.250. The third-order valence-corrected chi connectivity index (χ3v) is 3.64. The lowest BCUT2D eigenvalue weighted by atomic mass is 10.3. The molecule has 2 N–H and O–H groups in total. The Morgan fingerprint density at radius 3 is 2.36 bits per heavy atom. The largest absolute Gasteiger partial charge is 0.291 e. The van der Waals surface area contributed by atoms with Crippen LogP contribution < -0.4 is 5.48 Å². The van der Waals surface area contributed by atoms with Gasteiger partial charge in [0.05, 0.1) is 5.69 Å². The van der Waals surface area contributed by atoms with Crippen LogP contribution in [0.5, 0.6) is 0 Å². The van der Waals surface area contributed by atoms with Crippen molar-refractivity contribution >= 4 is 15.7 Å². The van der Waals surface area contributed by atoms with Crippen molar-refractivity contribution in [3.05, 3.63) is 24.3 Å². The summed E-state index contributed by atoms with van der Waals surface area (Å²) in [5, 5.41) is 8.73. The van der Waals surface area contributed by atoms with Crippen molar-refractivity contribution in [2.24, 2.45) is 0 Å². The molecule has 6 heteroatoms. The summed E-state index contributed by atoms with van der Waals surface area (Å²) in [6, 6.07) is 6.13. The Labute approximate surface area is 83.0 Å². The fourth-order valence-corrected chi connectivity index (χ4v) is 2.02. The molecule has 0 spiro atoms. The van der Waals surface area contributed by atoms with Gasteiger partial charge in [0.15, 0.2) is 0 Å². The van der Waals surface area contributed by atoms with Gasteiger partial charge in [-0.3, -0.25) is 10.7 Å². The minimum atomic E-state index is -3.51. The first kappa shape index (κ1) is 11.0. The van der Waals surface area contributed by atoms with E-state index < -0.39 is 10.0 Å². The zero-order chi connectivity index (χ0) is 10.8. The summed E-state index contributed by atoms with van der Waals surface area (Å²) in [6.45, 7) is 0. The van der Waals surface area contributed by atoms with Crippen LogP contribution >= 0.6 is 0 Å². The number of sulfonamides is 1. The average molecular weight is 216 g/mol. The van der Waals surface area contributed by atoms with Crippen molar-refractivity contribution in [2.45, 2.75) is 4.90 Å². The molecule has 0 fully saturated rings. The molecule has 14 heavy (non-hydrogen) atoms. The van der Waals surface area contributed by atoms with Crippen LogP contribution in [0.1, 0.15) is 0 Å². The second-order valence-electron chi connectivity index (χ2n) is 2.90. The summed E-state index contributed by atoms with van der Waals surface area (Å²) in [6.07, 6.45) is 0. The number of rotatable bonds is 3. The molecule has 1 rings (SSSR count). The molecule has 0 aliphatic carbocycles. The minimum absolute atomic E-state index is 0.0486. The van der Waals surface area contributed by atoms with E-state index in [0.29, 0.717) is 0 Å². The van der Waals surface area contributed by atoms with Crippen molar-refractivity contribution in [3.63, 3.8) is 0 Å². The van der Waals surface area contributed by atoms with E-state index in [0.717, 1.165) is 4.31 Å². The van der Waals surface area contributed by atoms with Crippen LogP contribution in [-0.2, 0) is 10.0 Å².